The van der Waals surface area contributed by atoms with Gasteiger partial charge in [0.15, 0.2) is 0 Å². The number of hydrogen-bond acceptors (Lipinski definition) is 4. The zero-order chi connectivity index (χ0) is 15.3. The van der Waals surface area contributed by atoms with Gasteiger partial charge < -0.3 is 10.4 Å². The lowest BCUT2D eigenvalue weighted by atomic mass is 10.0. The number of aromatic nitrogens is 2. The molecule has 0 bridgehead atoms. The molecular weight excluding hydrogens is 266 g/mol. The van der Waals surface area contributed by atoms with Crippen LogP contribution < -0.4 is 16.4 Å². The zero-order valence-corrected chi connectivity index (χ0v) is 11.3. The Balaban J connectivity index is 2.75. The van der Waals surface area contributed by atoms with Gasteiger partial charge in [-0.15, -0.1) is 0 Å². The number of carboxylic acids is 1. The largest absolute Gasteiger partial charge is 0.480 e. The minimum absolute atomic E-state index is 0.0932. The molecule has 0 aliphatic rings. The number of aliphatic carboxylic acids is 1. The molecule has 0 aliphatic carbocycles. The van der Waals surface area contributed by atoms with E-state index in [2.05, 4.69) is 10.4 Å². The van der Waals surface area contributed by atoms with Crippen LogP contribution in [0.4, 0.5) is 0 Å². The van der Waals surface area contributed by atoms with Crippen molar-refractivity contribution >= 4 is 11.9 Å². The number of nitrogens with one attached hydrogen (secondary N) is 2. The van der Waals surface area contributed by atoms with Crippen molar-refractivity contribution in [2.24, 2.45) is 5.92 Å². The van der Waals surface area contributed by atoms with Gasteiger partial charge in [-0.1, -0.05) is 13.8 Å². The molecule has 0 spiro atoms. The smallest absolute Gasteiger partial charge is 0.326 e. The maximum Gasteiger partial charge on any atom is 0.326 e. The minimum atomic E-state index is -1.14. The van der Waals surface area contributed by atoms with Gasteiger partial charge in [0.05, 0.1) is 0 Å². The molecule has 3 N–H and O–H groups in total. The third-order valence-corrected chi connectivity index (χ3v) is 2.53. The molecule has 0 aliphatic heterocycles. The number of rotatable bonds is 6. The van der Waals surface area contributed by atoms with E-state index in [-0.39, 0.29) is 12.3 Å². The van der Waals surface area contributed by atoms with Crippen LogP contribution in [0.5, 0.6) is 0 Å². The lowest BCUT2D eigenvalue weighted by molar-refractivity contribution is -0.142. The summed E-state index contributed by atoms with van der Waals surface area (Å²) in [6.07, 6.45) is 0.279. The second-order valence-electron chi connectivity index (χ2n) is 4.82. The number of carbonyl (C=O) groups is 2. The van der Waals surface area contributed by atoms with E-state index in [1.165, 1.54) is 0 Å². The molecule has 0 radical (unpaired) electrons. The molecule has 0 fully saturated rings. The van der Waals surface area contributed by atoms with E-state index in [9.17, 15) is 19.2 Å². The summed E-state index contributed by atoms with van der Waals surface area (Å²) in [5, 5.41) is 13.5. The van der Waals surface area contributed by atoms with E-state index in [0.717, 1.165) is 16.8 Å². The van der Waals surface area contributed by atoms with Crippen LogP contribution in [0.1, 0.15) is 20.3 Å². The van der Waals surface area contributed by atoms with E-state index >= 15 is 0 Å². The molecule has 1 aromatic heterocycles. The number of carboxylic acid groups (broad SMARTS) is 1. The summed E-state index contributed by atoms with van der Waals surface area (Å²) in [7, 11) is 0. The molecule has 0 unspecified atom stereocenters. The Morgan fingerprint density at radius 2 is 2.00 bits per heavy atom. The quantitative estimate of drug-likeness (QED) is 0.628. The SMILES string of the molecule is CC(C)C[C@H](NC(=O)Cn1[nH]c(=O)ccc1=O)C(=O)O. The predicted molar refractivity (Wildman–Crippen MR) is 70.3 cm³/mol. The number of aromatic amines is 1. The first kappa shape index (κ1) is 15.7. The fourth-order valence-electron chi connectivity index (χ4n) is 1.66. The normalized spacial score (nSPS) is 12.2. The first-order chi connectivity index (χ1) is 9.29. The zero-order valence-electron chi connectivity index (χ0n) is 11.3. The lowest BCUT2D eigenvalue weighted by Crippen LogP contribution is -2.44. The van der Waals surface area contributed by atoms with Crippen molar-refractivity contribution in [3.05, 3.63) is 32.8 Å². The Labute approximate surface area is 114 Å². The summed E-state index contributed by atoms with van der Waals surface area (Å²) >= 11 is 0. The van der Waals surface area contributed by atoms with Gasteiger partial charge in [-0.2, -0.15) is 0 Å². The van der Waals surface area contributed by atoms with Gasteiger partial charge in [0.25, 0.3) is 11.1 Å². The molecule has 1 heterocycles. The number of carbonyl (C=O) groups excluding carboxylic acids is 1. The topological polar surface area (TPSA) is 121 Å². The van der Waals surface area contributed by atoms with E-state index in [1.54, 1.807) is 0 Å². The molecule has 0 aromatic carbocycles. The lowest BCUT2D eigenvalue weighted by Gasteiger charge is -2.16. The fourth-order valence-corrected chi connectivity index (χ4v) is 1.66. The van der Waals surface area contributed by atoms with Crippen molar-refractivity contribution in [1.82, 2.24) is 15.1 Å². The molecule has 1 amide bonds. The first-order valence-electron chi connectivity index (χ1n) is 6.12. The van der Waals surface area contributed by atoms with Crippen molar-refractivity contribution in [1.29, 1.82) is 0 Å². The van der Waals surface area contributed by atoms with Gasteiger partial charge in [-0.3, -0.25) is 19.5 Å². The summed E-state index contributed by atoms with van der Waals surface area (Å²) in [4.78, 5) is 45.2. The Hall–Kier alpha value is -2.38. The Bertz CT molecular complexity index is 602. The van der Waals surface area contributed by atoms with Crippen molar-refractivity contribution in [2.75, 3.05) is 0 Å². The van der Waals surface area contributed by atoms with E-state index in [0.29, 0.717) is 0 Å². The van der Waals surface area contributed by atoms with Crippen LogP contribution in [-0.4, -0.2) is 32.8 Å². The van der Waals surface area contributed by atoms with Crippen LogP contribution in [0.25, 0.3) is 0 Å². The highest BCUT2D eigenvalue weighted by Crippen LogP contribution is 2.04. The minimum Gasteiger partial charge on any atom is -0.480 e. The van der Waals surface area contributed by atoms with Crippen LogP contribution in [0.15, 0.2) is 21.7 Å². The van der Waals surface area contributed by atoms with Crippen molar-refractivity contribution < 1.29 is 14.7 Å². The van der Waals surface area contributed by atoms with E-state index < -0.39 is 35.6 Å². The van der Waals surface area contributed by atoms with E-state index in [4.69, 9.17) is 5.11 Å². The molecule has 20 heavy (non-hydrogen) atoms. The molecule has 8 nitrogen and oxygen atoms in total. The maximum absolute atomic E-state index is 11.7. The Morgan fingerprint density at radius 1 is 1.35 bits per heavy atom. The predicted octanol–water partition coefficient (Wildman–Crippen LogP) is -0.848. The Morgan fingerprint density at radius 3 is 2.55 bits per heavy atom. The van der Waals surface area contributed by atoms with Crippen LogP contribution in [0.3, 0.4) is 0 Å². The van der Waals surface area contributed by atoms with E-state index in [1.807, 2.05) is 13.8 Å². The third kappa shape index (κ3) is 4.71. The van der Waals surface area contributed by atoms with Gasteiger partial charge in [0.1, 0.15) is 12.6 Å². The highest BCUT2D eigenvalue weighted by molar-refractivity contribution is 5.83. The Kier molecular flexibility index (Phi) is 5.24. The average molecular weight is 283 g/mol. The van der Waals surface area contributed by atoms with Crippen LogP contribution in [0.2, 0.25) is 0 Å². The molecule has 110 valence electrons. The second-order valence-corrected chi connectivity index (χ2v) is 4.82. The molecule has 1 rings (SSSR count). The molecule has 1 atom stereocenters. The average Bonchev–Trinajstić information content (AvgIpc) is 2.32. The van der Waals surface area contributed by atoms with Crippen molar-refractivity contribution in [3.8, 4) is 0 Å². The molecular formula is C12H17N3O5. The number of hydrogen-bond donors (Lipinski definition) is 3. The molecule has 0 saturated heterocycles. The molecule has 0 saturated carbocycles. The summed E-state index contributed by atoms with van der Waals surface area (Å²) in [6.45, 7) is 3.24. The van der Waals surface area contributed by atoms with Gasteiger partial charge in [0, 0.05) is 12.1 Å². The monoisotopic (exact) mass is 283 g/mol. The highest BCUT2D eigenvalue weighted by atomic mass is 16.4. The van der Waals surface area contributed by atoms with Crippen LogP contribution in [0, 0.1) is 5.92 Å². The number of amides is 1. The van der Waals surface area contributed by atoms with Crippen LogP contribution in [-0.2, 0) is 16.1 Å². The summed E-state index contributed by atoms with van der Waals surface area (Å²) in [5.41, 5.74) is -1.06. The van der Waals surface area contributed by atoms with Crippen molar-refractivity contribution in [2.45, 2.75) is 32.9 Å². The third-order valence-electron chi connectivity index (χ3n) is 2.53. The summed E-state index contributed by atoms with van der Waals surface area (Å²) < 4.78 is 0.825. The van der Waals surface area contributed by atoms with Gasteiger partial charge in [-0.25, -0.2) is 9.48 Å². The van der Waals surface area contributed by atoms with Gasteiger partial charge in [0.2, 0.25) is 5.91 Å². The number of H-pyrrole nitrogens is 1. The van der Waals surface area contributed by atoms with Crippen LogP contribution >= 0.6 is 0 Å². The van der Waals surface area contributed by atoms with Crippen molar-refractivity contribution in [3.63, 3.8) is 0 Å². The molecule has 1 aromatic rings. The summed E-state index contributed by atoms with van der Waals surface area (Å²) in [5.74, 6) is -1.70. The van der Waals surface area contributed by atoms with Gasteiger partial charge in [-0.05, 0) is 12.3 Å². The second kappa shape index (κ2) is 6.69. The standard InChI is InChI=1S/C12H17N3O5/c1-7(2)5-8(12(19)20)13-10(17)6-15-11(18)4-3-9(16)14-15/h3-4,7-8H,5-6H2,1-2H3,(H,13,17)(H,14,16)(H,19,20)/t8-/m0/s1. The first-order valence-corrected chi connectivity index (χ1v) is 6.12. The molecule has 8 heteroatoms. The highest BCUT2D eigenvalue weighted by Gasteiger charge is 2.21. The fraction of sp³-hybridized carbons (Fsp3) is 0.500. The summed E-state index contributed by atoms with van der Waals surface area (Å²) in [6, 6.07) is 1.07. The number of nitrogens with zero attached hydrogens (tertiary/aromatic N) is 1. The maximum atomic E-state index is 11.7. The van der Waals surface area contributed by atoms with Gasteiger partial charge >= 0.3 is 5.97 Å².